The maximum Gasteiger partial charge on any atom is 0.237 e. The number of halogens is 2. The first-order chi connectivity index (χ1) is 9.37. The molecule has 2 rings (SSSR count). The number of hydrogen-bond acceptors (Lipinski definition) is 3. The fourth-order valence-corrected chi connectivity index (χ4v) is 3.38. The molecule has 3 N–H and O–H groups in total. The third-order valence-electron chi connectivity index (χ3n) is 2.59. The number of rotatable bonds is 4. The van der Waals surface area contributed by atoms with Crippen molar-refractivity contribution in [1.29, 1.82) is 0 Å². The second-order valence-electron chi connectivity index (χ2n) is 4.18. The molecule has 0 radical (unpaired) electrons. The number of para-hydroxylation sites is 1. The first-order valence-corrected chi connectivity index (χ1v) is 8.11. The molecule has 0 unspecified atom stereocenters. The normalized spacial score (nSPS) is 11.3. The lowest BCUT2D eigenvalue weighted by Gasteiger charge is -2.11. The fraction of sp³-hybridized carbons (Fsp3) is 0.0769. The SMILES string of the molecule is Nc1ccccc1CS(=O)(=O)Nc1cc(F)ccc1Br. The summed E-state index contributed by atoms with van der Waals surface area (Å²) in [5, 5.41) is 0. The molecule has 7 heteroatoms. The standard InChI is InChI=1S/C13H12BrFN2O2S/c14-11-6-5-10(15)7-13(11)17-20(18,19)8-9-3-1-2-4-12(9)16/h1-7,17H,8,16H2. The van der Waals surface area contributed by atoms with Gasteiger partial charge in [0.2, 0.25) is 10.0 Å². The van der Waals surface area contributed by atoms with Crippen molar-refractivity contribution in [2.75, 3.05) is 10.5 Å². The highest BCUT2D eigenvalue weighted by Gasteiger charge is 2.15. The van der Waals surface area contributed by atoms with Crippen LogP contribution >= 0.6 is 15.9 Å². The van der Waals surface area contributed by atoms with Gasteiger partial charge in [-0.25, -0.2) is 12.8 Å². The Morgan fingerprint density at radius 2 is 1.90 bits per heavy atom. The van der Waals surface area contributed by atoms with E-state index >= 15 is 0 Å². The second kappa shape index (κ2) is 5.80. The zero-order valence-corrected chi connectivity index (χ0v) is 12.7. The molecule has 0 aliphatic rings. The first kappa shape index (κ1) is 14.8. The molecule has 20 heavy (non-hydrogen) atoms. The molecule has 0 bridgehead atoms. The summed E-state index contributed by atoms with van der Waals surface area (Å²) in [6, 6.07) is 10.5. The number of nitrogen functional groups attached to an aromatic ring is 1. The summed E-state index contributed by atoms with van der Waals surface area (Å²) in [7, 11) is -3.68. The number of nitrogens with two attached hydrogens (primary N) is 1. The van der Waals surface area contributed by atoms with Gasteiger partial charge in [-0.15, -0.1) is 0 Å². The minimum atomic E-state index is -3.68. The molecule has 0 saturated carbocycles. The van der Waals surface area contributed by atoms with Gasteiger partial charge < -0.3 is 5.73 Å². The van der Waals surface area contributed by atoms with Crippen LogP contribution in [0.25, 0.3) is 0 Å². The predicted octanol–water partition coefficient (Wildman–Crippen LogP) is 3.11. The van der Waals surface area contributed by atoms with Crippen LogP contribution < -0.4 is 10.5 Å². The van der Waals surface area contributed by atoms with Gasteiger partial charge in [-0.1, -0.05) is 18.2 Å². The number of benzene rings is 2. The van der Waals surface area contributed by atoms with Gasteiger partial charge in [-0.3, -0.25) is 4.72 Å². The molecule has 2 aromatic rings. The largest absolute Gasteiger partial charge is 0.398 e. The highest BCUT2D eigenvalue weighted by Crippen LogP contribution is 2.25. The fourth-order valence-electron chi connectivity index (χ4n) is 1.65. The summed E-state index contributed by atoms with van der Waals surface area (Å²) in [5.41, 5.74) is 6.76. The highest BCUT2D eigenvalue weighted by atomic mass is 79.9. The van der Waals surface area contributed by atoms with E-state index < -0.39 is 15.8 Å². The van der Waals surface area contributed by atoms with E-state index in [1.807, 2.05) is 0 Å². The van der Waals surface area contributed by atoms with Crippen LogP contribution in [0.5, 0.6) is 0 Å². The molecule has 0 spiro atoms. The molecular weight excluding hydrogens is 347 g/mol. The quantitative estimate of drug-likeness (QED) is 0.824. The van der Waals surface area contributed by atoms with Crippen LogP contribution in [0.4, 0.5) is 15.8 Å². The predicted molar refractivity (Wildman–Crippen MR) is 81.2 cm³/mol. The Morgan fingerprint density at radius 1 is 1.20 bits per heavy atom. The Morgan fingerprint density at radius 3 is 2.60 bits per heavy atom. The van der Waals surface area contributed by atoms with Crippen LogP contribution in [0.3, 0.4) is 0 Å². The van der Waals surface area contributed by atoms with Crippen molar-refractivity contribution in [2.45, 2.75) is 5.75 Å². The minimum Gasteiger partial charge on any atom is -0.398 e. The van der Waals surface area contributed by atoms with Crippen LogP contribution in [0, 0.1) is 5.82 Å². The maximum atomic E-state index is 13.1. The van der Waals surface area contributed by atoms with Gasteiger partial charge >= 0.3 is 0 Å². The molecule has 0 aromatic heterocycles. The Hall–Kier alpha value is -1.60. The molecule has 4 nitrogen and oxygen atoms in total. The van der Waals surface area contributed by atoms with Gasteiger partial charge in [-0.2, -0.15) is 0 Å². The van der Waals surface area contributed by atoms with Gasteiger partial charge in [0, 0.05) is 10.2 Å². The van der Waals surface area contributed by atoms with E-state index in [0.717, 1.165) is 6.07 Å². The van der Waals surface area contributed by atoms with Gasteiger partial charge in [0.1, 0.15) is 5.82 Å². The van der Waals surface area contributed by atoms with E-state index in [1.54, 1.807) is 24.3 Å². The number of hydrogen-bond donors (Lipinski definition) is 2. The number of anilines is 2. The highest BCUT2D eigenvalue weighted by molar-refractivity contribution is 9.10. The van der Waals surface area contributed by atoms with Crippen molar-refractivity contribution in [3.63, 3.8) is 0 Å². The van der Waals surface area contributed by atoms with E-state index in [0.29, 0.717) is 15.7 Å². The molecule has 0 saturated heterocycles. The third kappa shape index (κ3) is 3.71. The van der Waals surface area contributed by atoms with Crippen LogP contribution in [0.15, 0.2) is 46.9 Å². The van der Waals surface area contributed by atoms with Crippen LogP contribution in [-0.2, 0) is 15.8 Å². The van der Waals surface area contributed by atoms with Gasteiger partial charge in [0.15, 0.2) is 0 Å². The van der Waals surface area contributed by atoms with Crippen molar-refractivity contribution in [2.24, 2.45) is 0 Å². The van der Waals surface area contributed by atoms with Crippen LogP contribution in [0.2, 0.25) is 0 Å². The zero-order valence-electron chi connectivity index (χ0n) is 10.3. The summed E-state index contributed by atoms with van der Waals surface area (Å²) >= 11 is 3.16. The molecule has 0 atom stereocenters. The zero-order chi connectivity index (χ0) is 14.8. The van der Waals surface area contributed by atoms with E-state index in [9.17, 15) is 12.8 Å². The molecule has 0 fully saturated rings. The first-order valence-electron chi connectivity index (χ1n) is 5.66. The monoisotopic (exact) mass is 358 g/mol. The van der Waals surface area contributed by atoms with E-state index in [2.05, 4.69) is 20.7 Å². The van der Waals surface area contributed by atoms with E-state index in [-0.39, 0.29) is 11.4 Å². The average molecular weight is 359 g/mol. The van der Waals surface area contributed by atoms with Crippen molar-refractivity contribution in [3.05, 3.63) is 58.3 Å². The van der Waals surface area contributed by atoms with Crippen molar-refractivity contribution < 1.29 is 12.8 Å². The Balaban J connectivity index is 2.24. The molecule has 0 aliphatic heterocycles. The summed E-state index contributed by atoms with van der Waals surface area (Å²) < 4.78 is 40.1. The molecule has 0 aliphatic carbocycles. The van der Waals surface area contributed by atoms with Crippen molar-refractivity contribution in [1.82, 2.24) is 0 Å². The third-order valence-corrected chi connectivity index (χ3v) is 4.51. The van der Waals surface area contributed by atoms with Crippen LogP contribution in [0.1, 0.15) is 5.56 Å². The Labute approximate surface area is 125 Å². The number of sulfonamides is 1. The number of nitrogens with one attached hydrogen (secondary N) is 1. The lowest BCUT2D eigenvalue weighted by Crippen LogP contribution is -2.16. The lowest BCUT2D eigenvalue weighted by atomic mass is 10.2. The Kier molecular flexibility index (Phi) is 4.29. The van der Waals surface area contributed by atoms with Gasteiger partial charge in [-0.05, 0) is 45.8 Å². The summed E-state index contributed by atoms with van der Waals surface area (Å²) in [6.07, 6.45) is 0. The second-order valence-corrected chi connectivity index (χ2v) is 6.76. The van der Waals surface area contributed by atoms with Crippen molar-refractivity contribution in [3.8, 4) is 0 Å². The van der Waals surface area contributed by atoms with Crippen molar-refractivity contribution >= 4 is 37.3 Å². The van der Waals surface area contributed by atoms with Gasteiger partial charge in [0.25, 0.3) is 0 Å². The molecule has 0 heterocycles. The molecule has 106 valence electrons. The van der Waals surface area contributed by atoms with E-state index in [1.165, 1.54) is 12.1 Å². The summed E-state index contributed by atoms with van der Waals surface area (Å²) in [6.45, 7) is 0. The minimum absolute atomic E-state index is 0.152. The van der Waals surface area contributed by atoms with E-state index in [4.69, 9.17) is 5.73 Å². The molecular formula is C13H12BrFN2O2S. The maximum absolute atomic E-state index is 13.1. The smallest absolute Gasteiger partial charge is 0.237 e. The topological polar surface area (TPSA) is 72.2 Å². The summed E-state index contributed by atoms with van der Waals surface area (Å²) in [5.74, 6) is -0.798. The Bertz CT molecular complexity index is 735. The molecule has 0 amide bonds. The van der Waals surface area contributed by atoms with Crippen LogP contribution in [-0.4, -0.2) is 8.42 Å². The lowest BCUT2D eigenvalue weighted by molar-refractivity contribution is 0.600. The van der Waals surface area contributed by atoms with Gasteiger partial charge in [0.05, 0.1) is 11.4 Å². The average Bonchev–Trinajstić information content (AvgIpc) is 2.36. The summed E-state index contributed by atoms with van der Waals surface area (Å²) in [4.78, 5) is 0. The molecule has 2 aromatic carbocycles.